The van der Waals surface area contributed by atoms with E-state index in [0.29, 0.717) is 27.6 Å². The minimum atomic E-state index is -0.430. The van der Waals surface area contributed by atoms with Crippen LogP contribution in [0.4, 0.5) is 5.13 Å². The fourth-order valence-corrected chi connectivity index (χ4v) is 4.94. The van der Waals surface area contributed by atoms with E-state index in [2.05, 4.69) is 32.6 Å². The summed E-state index contributed by atoms with van der Waals surface area (Å²) in [5, 5.41) is 21.7. The van der Waals surface area contributed by atoms with Gasteiger partial charge in [-0.15, -0.1) is 20.4 Å². The molecule has 4 aromatic rings. The van der Waals surface area contributed by atoms with Gasteiger partial charge >= 0.3 is 0 Å². The number of para-hydroxylation sites is 3. The number of hydrogen-bond acceptors (Lipinski definition) is 9. The molecule has 0 aliphatic heterocycles. The molecule has 1 unspecified atom stereocenters. The van der Waals surface area contributed by atoms with Crippen LogP contribution in [-0.2, 0) is 11.2 Å². The molecule has 0 aliphatic rings. The van der Waals surface area contributed by atoms with Crippen LogP contribution in [-0.4, -0.2) is 43.7 Å². The van der Waals surface area contributed by atoms with E-state index in [1.807, 2.05) is 66.1 Å². The van der Waals surface area contributed by atoms with Gasteiger partial charge in [-0.2, -0.15) is 0 Å². The highest BCUT2D eigenvalue weighted by molar-refractivity contribution is 7.99. The van der Waals surface area contributed by atoms with Crippen molar-refractivity contribution in [2.75, 3.05) is 18.2 Å². The number of thioether (sulfide) groups is 1. The number of carbonyl (C=O) groups excluding carboxylic acids is 1. The number of anilines is 1. The van der Waals surface area contributed by atoms with Crippen molar-refractivity contribution in [3.63, 3.8) is 0 Å². The number of hydrogen-bond donors (Lipinski definition) is 1. The number of rotatable bonds is 11. The van der Waals surface area contributed by atoms with Crippen LogP contribution in [0.5, 0.6) is 11.5 Å². The molecule has 0 spiro atoms. The maximum atomic E-state index is 12.6. The Morgan fingerprint density at radius 3 is 2.54 bits per heavy atom. The molecule has 182 valence electrons. The van der Waals surface area contributed by atoms with Gasteiger partial charge in [0.15, 0.2) is 28.6 Å². The summed E-state index contributed by atoms with van der Waals surface area (Å²) in [6.07, 6.45) is 1.40. The number of aryl methyl sites for hydroxylation is 1. The molecule has 1 amide bonds. The second-order valence-electron chi connectivity index (χ2n) is 7.51. The Hall–Kier alpha value is -3.44. The fraction of sp³-hybridized carbons (Fsp3) is 0.292. The van der Waals surface area contributed by atoms with Crippen LogP contribution in [0.1, 0.15) is 37.2 Å². The first kappa shape index (κ1) is 24.7. The van der Waals surface area contributed by atoms with E-state index in [-0.39, 0.29) is 11.7 Å². The van der Waals surface area contributed by atoms with E-state index in [1.54, 1.807) is 7.11 Å². The van der Waals surface area contributed by atoms with Crippen LogP contribution in [0.3, 0.4) is 0 Å². The minimum Gasteiger partial charge on any atom is -0.493 e. The summed E-state index contributed by atoms with van der Waals surface area (Å²) in [5.74, 6) is 1.82. The number of methoxy groups -OCH3 is 1. The summed E-state index contributed by atoms with van der Waals surface area (Å²) in [6, 6.07) is 17.2. The predicted octanol–water partition coefficient (Wildman–Crippen LogP) is 4.95. The van der Waals surface area contributed by atoms with Gasteiger partial charge in [0.05, 0.1) is 12.9 Å². The molecule has 2 aromatic heterocycles. The van der Waals surface area contributed by atoms with Gasteiger partial charge in [-0.1, -0.05) is 60.4 Å². The first-order valence-corrected chi connectivity index (χ1v) is 12.9. The quantitative estimate of drug-likeness (QED) is 0.283. The summed E-state index contributed by atoms with van der Waals surface area (Å²) >= 11 is 2.69. The average molecular weight is 511 g/mol. The molecule has 4 rings (SSSR count). The Labute approximate surface area is 211 Å². The molecule has 1 atom stereocenters. The third-order valence-electron chi connectivity index (χ3n) is 4.92. The number of nitrogens with zero attached hydrogens (tertiary/aromatic N) is 5. The maximum absolute atomic E-state index is 12.6. The molecule has 2 aromatic carbocycles. The van der Waals surface area contributed by atoms with Crippen LogP contribution in [0, 0.1) is 0 Å². The molecule has 0 aliphatic carbocycles. The van der Waals surface area contributed by atoms with Gasteiger partial charge in [-0.05, 0) is 37.6 Å². The van der Waals surface area contributed by atoms with Gasteiger partial charge in [-0.3, -0.25) is 14.7 Å². The van der Waals surface area contributed by atoms with Crippen LogP contribution in [0.2, 0.25) is 0 Å². The van der Waals surface area contributed by atoms with Crippen LogP contribution < -0.4 is 14.8 Å². The molecular weight excluding hydrogens is 484 g/mol. The second-order valence-corrected chi connectivity index (χ2v) is 9.52. The van der Waals surface area contributed by atoms with Crippen molar-refractivity contribution in [2.24, 2.45) is 0 Å². The van der Waals surface area contributed by atoms with Crippen molar-refractivity contribution < 1.29 is 14.3 Å². The monoisotopic (exact) mass is 510 g/mol. The van der Waals surface area contributed by atoms with Crippen molar-refractivity contribution in [3.8, 4) is 17.2 Å². The lowest BCUT2D eigenvalue weighted by molar-refractivity contribution is -0.113. The number of aromatic nitrogens is 5. The zero-order valence-electron chi connectivity index (χ0n) is 19.7. The maximum Gasteiger partial charge on any atom is 0.236 e. The van der Waals surface area contributed by atoms with Crippen LogP contribution >= 0.6 is 23.1 Å². The number of benzene rings is 2. The van der Waals surface area contributed by atoms with E-state index < -0.39 is 6.10 Å². The molecule has 0 bridgehead atoms. The van der Waals surface area contributed by atoms with Gasteiger partial charge < -0.3 is 9.47 Å². The number of nitrogens with one attached hydrogen (secondary N) is 1. The van der Waals surface area contributed by atoms with Gasteiger partial charge in [0.25, 0.3) is 0 Å². The molecule has 1 N–H and O–H groups in total. The largest absolute Gasteiger partial charge is 0.493 e. The topological polar surface area (TPSA) is 104 Å². The van der Waals surface area contributed by atoms with Crippen molar-refractivity contribution in [3.05, 3.63) is 65.4 Å². The summed E-state index contributed by atoms with van der Waals surface area (Å²) in [6.45, 7) is 3.98. The smallest absolute Gasteiger partial charge is 0.236 e. The van der Waals surface area contributed by atoms with Gasteiger partial charge in [0.1, 0.15) is 5.01 Å². The first-order valence-electron chi connectivity index (χ1n) is 11.1. The molecule has 0 radical (unpaired) electrons. The Morgan fingerprint density at radius 2 is 1.80 bits per heavy atom. The summed E-state index contributed by atoms with van der Waals surface area (Å²) < 4.78 is 13.5. The lowest BCUT2D eigenvalue weighted by Crippen LogP contribution is -2.15. The molecular formula is C24H26N6O3S2. The fourth-order valence-electron chi connectivity index (χ4n) is 3.32. The highest BCUT2D eigenvalue weighted by Gasteiger charge is 2.22. The van der Waals surface area contributed by atoms with E-state index in [9.17, 15) is 4.79 Å². The van der Waals surface area contributed by atoms with Crippen LogP contribution in [0.15, 0.2) is 59.8 Å². The third kappa shape index (κ3) is 6.17. The lowest BCUT2D eigenvalue weighted by atomic mass is 10.3. The van der Waals surface area contributed by atoms with Crippen molar-refractivity contribution in [1.29, 1.82) is 0 Å². The van der Waals surface area contributed by atoms with E-state index >= 15 is 0 Å². The first-order chi connectivity index (χ1) is 17.1. The van der Waals surface area contributed by atoms with Crippen LogP contribution in [0.25, 0.3) is 5.69 Å². The number of carbonyl (C=O) groups is 1. The molecule has 9 nitrogen and oxygen atoms in total. The van der Waals surface area contributed by atoms with E-state index in [0.717, 1.165) is 23.5 Å². The number of ether oxygens (including phenoxy) is 2. The summed E-state index contributed by atoms with van der Waals surface area (Å²) in [7, 11) is 1.60. The molecule has 0 saturated heterocycles. The zero-order chi connectivity index (χ0) is 24.6. The Bertz CT molecular complexity index is 1260. The highest BCUT2D eigenvalue weighted by Crippen LogP contribution is 2.32. The normalized spacial score (nSPS) is 11.7. The number of amides is 1. The van der Waals surface area contributed by atoms with E-state index in [1.165, 1.54) is 23.1 Å². The van der Waals surface area contributed by atoms with Gasteiger partial charge in [0, 0.05) is 12.1 Å². The third-order valence-corrected chi connectivity index (χ3v) is 6.75. The standard InChI is InChI=1S/C24H26N6O3S2/c1-4-10-21-26-28-23(35-21)25-20(31)15-34-24-29-27-22(30(24)17-11-6-5-7-12-17)16(2)33-19-14-9-8-13-18(19)32-3/h5-9,11-14,16H,4,10,15H2,1-3H3,(H,25,28,31). The Morgan fingerprint density at radius 1 is 1.06 bits per heavy atom. The predicted molar refractivity (Wildman–Crippen MR) is 137 cm³/mol. The van der Waals surface area contributed by atoms with E-state index in [4.69, 9.17) is 9.47 Å². The van der Waals surface area contributed by atoms with Gasteiger partial charge in [0.2, 0.25) is 11.0 Å². The summed E-state index contributed by atoms with van der Waals surface area (Å²) in [5.41, 5.74) is 0.874. The lowest BCUT2D eigenvalue weighted by Gasteiger charge is -2.18. The summed E-state index contributed by atoms with van der Waals surface area (Å²) in [4.78, 5) is 12.6. The van der Waals surface area contributed by atoms with Crippen molar-refractivity contribution >= 4 is 34.1 Å². The SMILES string of the molecule is CCCc1nnc(NC(=O)CSc2nnc(C(C)Oc3ccccc3OC)n2-c2ccccc2)s1. The van der Waals surface area contributed by atoms with Gasteiger partial charge in [-0.25, -0.2) is 0 Å². The average Bonchev–Trinajstić information content (AvgIpc) is 3.50. The molecule has 11 heteroatoms. The Kier molecular flexibility index (Phi) is 8.32. The molecule has 35 heavy (non-hydrogen) atoms. The molecule has 2 heterocycles. The zero-order valence-corrected chi connectivity index (χ0v) is 21.3. The minimum absolute atomic E-state index is 0.148. The Balaban J connectivity index is 1.52. The highest BCUT2D eigenvalue weighted by atomic mass is 32.2. The van der Waals surface area contributed by atoms with Crippen molar-refractivity contribution in [1.82, 2.24) is 25.0 Å². The molecule has 0 saturated carbocycles. The van der Waals surface area contributed by atoms with Crippen molar-refractivity contribution in [2.45, 2.75) is 37.9 Å². The second kappa shape index (κ2) is 11.8. The molecule has 0 fully saturated rings.